The summed E-state index contributed by atoms with van der Waals surface area (Å²) in [5, 5.41) is 10.2. The van der Waals surface area contributed by atoms with Gasteiger partial charge in [-0.05, 0) is 41.9 Å². The lowest BCUT2D eigenvalue weighted by Gasteiger charge is -2.29. The van der Waals surface area contributed by atoms with Gasteiger partial charge in [0.2, 0.25) is 0 Å². The summed E-state index contributed by atoms with van der Waals surface area (Å²) in [6, 6.07) is 4.05. The first-order valence-electron chi connectivity index (χ1n) is 10.5. The summed E-state index contributed by atoms with van der Waals surface area (Å²) in [6.07, 6.45) is 7.39. The van der Waals surface area contributed by atoms with E-state index in [0.717, 1.165) is 12.0 Å². The van der Waals surface area contributed by atoms with E-state index in [4.69, 9.17) is 9.47 Å². The number of aliphatic hydroxyl groups excluding tert-OH is 1. The fourth-order valence-corrected chi connectivity index (χ4v) is 3.99. The fraction of sp³-hybridized carbons (Fsp3) is 0.625. The molecule has 4 heteroatoms. The number of carbonyl (C=O) groups is 1. The average Bonchev–Trinajstić information content (AvgIpc) is 2.67. The van der Waals surface area contributed by atoms with Crippen molar-refractivity contribution in [2.75, 3.05) is 14.2 Å². The van der Waals surface area contributed by atoms with Gasteiger partial charge in [-0.15, -0.1) is 0 Å². The third-order valence-corrected chi connectivity index (χ3v) is 5.83. The molecule has 2 atom stereocenters. The molecule has 1 aliphatic rings. The number of carbonyl (C=O) groups excluding carboxylic acids is 1. The van der Waals surface area contributed by atoms with E-state index >= 15 is 0 Å². The van der Waals surface area contributed by atoms with E-state index < -0.39 is 6.10 Å². The highest BCUT2D eigenvalue weighted by molar-refractivity contribution is 6.24. The van der Waals surface area contributed by atoms with Crippen LogP contribution in [0.15, 0.2) is 18.2 Å². The van der Waals surface area contributed by atoms with Crippen LogP contribution in [-0.2, 0) is 10.2 Å². The van der Waals surface area contributed by atoms with E-state index in [1.807, 2.05) is 25.1 Å². The minimum absolute atomic E-state index is 0.0232. The first-order valence-corrected chi connectivity index (χ1v) is 10.5. The van der Waals surface area contributed by atoms with Crippen molar-refractivity contribution in [3.8, 4) is 11.5 Å². The van der Waals surface area contributed by atoms with Crippen molar-refractivity contribution in [2.24, 2.45) is 5.92 Å². The highest BCUT2D eigenvalue weighted by Crippen LogP contribution is 2.43. The van der Waals surface area contributed by atoms with Gasteiger partial charge in [0.15, 0.2) is 5.78 Å². The number of unbranched alkanes of at least 4 members (excludes halogenated alkanes) is 3. The summed E-state index contributed by atoms with van der Waals surface area (Å²) >= 11 is 0. The van der Waals surface area contributed by atoms with Crippen LogP contribution in [0.1, 0.15) is 77.3 Å². The predicted molar refractivity (Wildman–Crippen MR) is 114 cm³/mol. The molecule has 0 spiro atoms. The molecular weight excluding hydrogens is 352 g/mol. The number of hydrogen-bond donors (Lipinski definition) is 1. The number of hydrogen-bond acceptors (Lipinski definition) is 4. The zero-order chi connectivity index (χ0) is 20.9. The van der Waals surface area contributed by atoms with E-state index in [-0.39, 0.29) is 17.1 Å². The number of allylic oxidation sites excluding steroid dienone is 1. The smallest absolute Gasteiger partial charge is 0.191 e. The molecule has 0 amide bonds. The van der Waals surface area contributed by atoms with Crippen LogP contribution in [-0.4, -0.2) is 31.2 Å². The predicted octanol–water partition coefficient (Wildman–Crippen LogP) is 5.31. The van der Waals surface area contributed by atoms with Crippen LogP contribution in [0.4, 0.5) is 0 Å². The normalized spacial score (nSPS) is 20.1. The Morgan fingerprint density at radius 1 is 1.11 bits per heavy atom. The second-order valence-electron chi connectivity index (χ2n) is 8.62. The first-order chi connectivity index (χ1) is 13.2. The van der Waals surface area contributed by atoms with Gasteiger partial charge in [0.1, 0.15) is 17.6 Å². The molecule has 0 aromatic heterocycles. The van der Waals surface area contributed by atoms with Gasteiger partial charge in [-0.1, -0.05) is 59.5 Å². The zero-order valence-corrected chi connectivity index (χ0v) is 18.3. The van der Waals surface area contributed by atoms with Crippen molar-refractivity contribution in [3.63, 3.8) is 0 Å². The fourth-order valence-electron chi connectivity index (χ4n) is 3.99. The molecule has 0 heterocycles. The Bertz CT molecular complexity index is 692. The molecule has 0 bridgehead atoms. The second kappa shape index (κ2) is 9.60. The van der Waals surface area contributed by atoms with Crippen molar-refractivity contribution in [3.05, 3.63) is 29.3 Å². The third kappa shape index (κ3) is 4.96. The Morgan fingerprint density at radius 2 is 1.71 bits per heavy atom. The maximum Gasteiger partial charge on any atom is 0.191 e. The van der Waals surface area contributed by atoms with E-state index in [2.05, 4.69) is 20.8 Å². The summed E-state index contributed by atoms with van der Waals surface area (Å²) in [7, 11) is 3.23. The topological polar surface area (TPSA) is 55.8 Å². The summed E-state index contributed by atoms with van der Waals surface area (Å²) in [6.45, 7) is 8.70. The van der Waals surface area contributed by atoms with Crippen LogP contribution in [0.5, 0.6) is 11.5 Å². The lowest BCUT2D eigenvalue weighted by atomic mass is 9.78. The van der Waals surface area contributed by atoms with Gasteiger partial charge in [-0.3, -0.25) is 4.79 Å². The molecule has 0 fully saturated rings. The standard InChI is InChI=1S/C24H36O4/c1-7-8-9-10-11-24(3,4)17-14-20(27-5)22(21(15-17)28-6)18-12-16(2)13-19(25)23(18)26/h12,14-16,19,25H,7-11,13H2,1-6H3. The van der Waals surface area contributed by atoms with E-state index in [9.17, 15) is 9.90 Å². The molecule has 0 saturated heterocycles. The molecule has 28 heavy (non-hydrogen) atoms. The van der Waals surface area contributed by atoms with Crippen LogP contribution in [0, 0.1) is 5.92 Å². The van der Waals surface area contributed by atoms with Gasteiger partial charge < -0.3 is 14.6 Å². The largest absolute Gasteiger partial charge is 0.496 e. The first kappa shape index (κ1) is 22.5. The molecule has 1 aliphatic carbocycles. The van der Waals surface area contributed by atoms with Crippen molar-refractivity contribution < 1.29 is 19.4 Å². The lowest BCUT2D eigenvalue weighted by Crippen LogP contribution is -2.28. The highest BCUT2D eigenvalue weighted by atomic mass is 16.5. The Labute approximate surface area is 169 Å². The van der Waals surface area contributed by atoms with E-state index in [1.54, 1.807) is 14.2 Å². The van der Waals surface area contributed by atoms with Gasteiger partial charge in [0.05, 0.1) is 19.8 Å². The number of ketones is 1. The van der Waals surface area contributed by atoms with Crippen LogP contribution < -0.4 is 9.47 Å². The van der Waals surface area contributed by atoms with Crippen LogP contribution in [0.2, 0.25) is 0 Å². The maximum absolute atomic E-state index is 12.7. The summed E-state index contributed by atoms with van der Waals surface area (Å²) < 4.78 is 11.4. The van der Waals surface area contributed by atoms with Gasteiger partial charge in [-0.2, -0.15) is 0 Å². The minimum atomic E-state index is -0.973. The van der Waals surface area contributed by atoms with Crippen molar-refractivity contribution in [1.29, 1.82) is 0 Å². The quantitative estimate of drug-likeness (QED) is 0.583. The van der Waals surface area contributed by atoms with Gasteiger partial charge in [0, 0.05) is 5.57 Å². The number of methoxy groups -OCH3 is 2. The van der Waals surface area contributed by atoms with Crippen molar-refractivity contribution in [1.82, 2.24) is 0 Å². The molecule has 0 aliphatic heterocycles. The zero-order valence-electron chi connectivity index (χ0n) is 18.3. The van der Waals surface area contributed by atoms with Crippen LogP contribution in [0.25, 0.3) is 5.57 Å². The molecule has 156 valence electrons. The molecule has 0 saturated carbocycles. The molecule has 0 radical (unpaired) electrons. The van der Waals surface area contributed by atoms with E-state index in [0.29, 0.717) is 29.1 Å². The van der Waals surface area contributed by atoms with Gasteiger partial charge in [-0.25, -0.2) is 0 Å². The maximum atomic E-state index is 12.7. The van der Waals surface area contributed by atoms with E-state index in [1.165, 1.54) is 25.7 Å². The molecule has 1 aromatic carbocycles. The highest BCUT2D eigenvalue weighted by Gasteiger charge is 2.32. The number of benzene rings is 1. The van der Waals surface area contributed by atoms with Gasteiger partial charge >= 0.3 is 0 Å². The Morgan fingerprint density at radius 3 is 2.25 bits per heavy atom. The van der Waals surface area contributed by atoms with Crippen LogP contribution in [0.3, 0.4) is 0 Å². The molecular formula is C24H36O4. The summed E-state index contributed by atoms with van der Waals surface area (Å²) in [4.78, 5) is 12.7. The summed E-state index contributed by atoms with van der Waals surface area (Å²) in [5.41, 5.74) is 2.25. The molecule has 1 N–H and O–H groups in total. The van der Waals surface area contributed by atoms with Crippen LogP contribution >= 0.6 is 0 Å². The van der Waals surface area contributed by atoms with Crippen molar-refractivity contribution >= 4 is 11.4 Å². The Balaban J connectivity index is 2.46. The molecule has 2 rings (SSSR count). The number of aliphatic hydroxyl groups is 1. The SMILES string of the molecule is CCCCCCC(C)(C)c1cc(OC)c(C2=CC(C)CC(O)C2=O)c(OC)c1. The summed E-state index contributed by atoms with van der Waals surface area (Å²) in [5.74, 6) is 1.10. The average molecular weight is 389 g/mol. The molecule has 4 nitrogen and oxygen atoms in total. The van der Waals surface area contributed by atoms with Crippen molar-refractivity contribution in [2.45, 2.75) is 77.7 Å². The van der Waals surface area contributed by atoms with Gasteiger partial charge in [0.25, 0.3) is 0 Å². The third-order valence-electron chi connectivity index (χ3n) is 5.83. The molecule has 1 aromatic rings. The lowest BCUT2D eigenvalue weighted by molar-refractivity contribution is -0.122. The number of ether oxygens (including phenoxy) is 2. The monoisotopic (exact) mass is 388 g/mol. The Kier molecular flexibility index (Phi) is 7.70. The second-order valence-corrected chi connectivity index (χ2v) is 8.62. The number of rotatable bonds is 9. The molecule has 2 unspecified atom stereocenters. The number of Topliss-reactive ketones (excluding diaryl/α,β-unsaturated/α-hetero) is 1. The Hall–Kier alpha value is -1.81. The minimum Gasteiger partial charge on any atom is -0.496 e.